The van der Waals surface area contributed by atoms with Crippen molar-refractivity contribution in [3.63, 3.8) is 0 Å². The fourth-order valence-electron chi connectivity index (χ4n) is 5.39. The Hall–Kier alpha value is -1.32. The lowest BCUT2D eigenvalue weighted by molar-refractivity contribution is -0.136. The number of aryl methyl sites for hydroxylation is 1. The van der Waals surface area contributed by atoms with Gasteiger partial charge in [0.2, 0.25) is 0 Å². The third kappa shape index (κ3) is 1.80. The van der Waals surface area contributed by atoms with E-state index in [-0.39, 0.29) is 6.42 Å². The number of aromatic nitrogens is 1. The van der Waals surface area contributed by atoms with E-state index >= 15 is 0 Å². The molecule has 4 bridgehead atoms. The lowest BCUT2D eigenvalue weighted by Crippen LogP contribution is -2.43. The van der Waals surface area contributed by atoms with Gasteiger partial charge in [0, 0.05) is 11.5 Å². The molecule has 5 rings (SSSR count). The molecule has 1 aromatic rings. The van der Waals surface area contributed by atoms with Crippen LogP contribution in [0.3, 0.4) is 0 Å². The van der Waals surface area contributed by atoms with Gasteiger partial charge in [-0.3, -0.25) is 4.79 Å². The van der Waals surface area contributed by atoms with Gasteiger partial charge in [0.15, 0.2) is 0 Å². The van der Waals surface area contributed by atoms with Crippen molar-refractivity contribution in [1.29, 1.82) is 0 Å². The molecule has 4 nitrogen and oxygen atoms in total. The van der Waals surface area contributed by atoms with Crippen molar-refractivity contribution in [3.05, 3.63) is 17.0 Å². The summed E-state index contributed by atoms with van der Waals surface area (Å²) in [7, 11) is 0. The number of aliphatic carboxylic acids is 1. The van der Waals surface area contributed by atoms with Crippen LogP contribution in [0.15, 0.2) is 4.52 Å². The monoisotopic (exact) mass is 275 g/mol. The zero-order valence-corrected chi connectivity index (χ0v) is 11.8. The maximum atomic E-state index is 11.1. The molecule has 0 spiro atoms. The maximum absolute atomic E-state index is 11.1. The van der Waals surface area contributed by atoms with E-state index in [4.69, 9.17) is 9.63 Å². The molecule has 0 atom stereocenters. The largest absolute Gasteiger partial charge is 0.481 e. The average Bonchev–Trinajstić information content (AvgIpc) is 2.70. The van der Waals surface area contributed by atoms with Gasteiger partial charge >= 0.3 is 5.97 Å². The van der Waals surface area contributed by atoms with Gasteiger partial charge in [0.1, 0.15) is 5.76 Å². The Balaban J connectivity index is 1.69. The second-order valence-corrected chi connectivity index (χ2v) is 7.14. The smallest absolute Gasteiger partial charge is 0.308 e. The second-order valence-electron chi connectivity index (χ2n) is 7.14. The third-order valence-corrected chi connectivity index (χ3v) is 5.87. The van der Waals surface area contributed by atoms with Crippen LogP contribution in [0.2, 0.25) is 0 Å². The summed E-state index contributed by atoms with van der Waals surface area (Å²) in [5, 5.41) is 13.2. The minimum Gasteiger partial charge on any atom is -0.481 e. The van der Waals surface area contributed by atoms with Gasteiger partial charge in [-0.05, 0) is 62.7 Å². The SMILES string of the molecule is Cc1noc(C2C3CC4CC(C3)CC2C4)c1CC(=O)O. The molecule has 0 radical (unpaired) electrons. The van der Waals surface area contributed by atoms with Crippen LogP contribution in [-0.2, 0) is 11.2 Å². The van der Waals surface area contributed by atoms with Gasteiger partial charge in [0.25, 0.3) is 0 Å². The molecule has 4 aliphatic rings. The van der Waals surface area contributed by atoms with Crippen molar-refractivity contribution in [1.82, 2.24) is 5.16 Å². The highest BCUT2D eigenvalue weighted by atomic mass is 16.5. The summed E-state index contributed by atoms with van der Waals surface area (Å²) in [5.41, 5.74) is 1.60. The van der Waals surface area contributed by atoms with Gasteiger partial charge < -0.3 is 9.63 Å². The van der Waals surface area contributed by atoms with Crippen LogP contribution in [0.25, 0.3) is 0 Å². The predicted molar refractivity (Wildman–Crippen MR) is 72.4 cm³/mol. The van der Waals surface area contributed by atoms with Gasteiger partial charge in [-0.2, -0.15) is 0 Å². The number of carboxylic acid groups (broad SMARTS) is 1. The first-order valence-corrected chi connectivity index (χ1v) is 7.78. The predicted octanol–water partition coefficient (Wildman–Crippen LogP) is 3.15. The topological polar surface area (TPSA) is 63.3 Å². The summed E-state index contributed by atoms with van der Waals surface area (Å²) in [5.74, 6) is 3.78. The van der Waals surface area contributed by atoms with E-state index in [1.165, 1.54) is 32.1 Å². The second kappa shape index (κ2) is 4.34. The van der Waals surface area contributed by atoms with Gasteiger partial charge in [-0.1, -0.05) is 5.16 Å². The Bertz CT molecular complexity index is 520. The zero-order valence-electron chi connectivity index (χ0n) is 11.8. The van der Waals surface area contributed by atoms with E-state index in [1.54, 1.807) is 0 Å². The Morgan fingerprint density at radius 1 is 1.20 bits per heavy atom. The molecule has 0 amide bonds. The number of carbonyl (C=O) groups is 1. The van der Waals surface area contributed by atoms with E-state index in [0.29, 0.717) is 17.8 Å². The van der Waals surface area contributed by atoms with Crippen LogP contribution in [-0.4, -0.2) is 16.2 Å². The standard InChI is InChI=1S/C16H21NO3/c1-8-13(7-14(18)19)16(20-17-8)15-11-3-9-2-10(5-11)6-12(15)4-9/h9-12,15H,2-7H2,1H3,(H,18,19). The number of carboxylic acids is 1. The first-order chi connectivity index (χ1) is 9.61. The van der Waals surface area contributed by atoms with Gasteiger partial charge in [-0.15, -0.1) is 0 Å². The van der Waals surface area contributed by atoms with Crippen LogP contribution in [0.4, 0.5) is 0 Å². The summed E-state index contributed by atoms with van der Waals surface area (Å²) in [6, 6.07) is 0. The summed E-state index contributed by atoms with van der Waals surface area (Å²) in [6.45, 7) is 1.86. The van der Waals surface area contributed by atoms with Crippen molar-refractivity contribution in [3.8, 4) is 0 Å². The Labute approximate surface area is 118 Å². The van der Waals surface area contributed by atoms with E-state index in [2.05, 4.69) is 5.16 Å². The maximum Gasteiger partial charge on any atom is 0.308 e. The summed E-state index contributed by atoms with van der Waals surface area (Å²) in [6.07, 6.45) is 6.71. The minimum absolute atomic E-state index is 0.0491. The number of nitrogens with zero attached hydrogens (tertiary/aromatic N) is 1. The molecule has 1 heterocycles. The van der Waals surface area contributed by atoms with Crippen LogP contribution in [0, 0.1) is 30.6 Å². The quantitative estimate of drug-likeness (QED) is 0.920. The molecule has 0 aliphatic heterocycles. The number of rotatable bonds is 3. The average molecular weight is 275 g/mol. The molecule has 4 fully saturated rings. The first kappa shape index (κ1) is 12.4. The molecule has 4 saturated carbocycles. The molecular weight excluding hydrogens is 254 g/mol. The molecule has 108 valence electrons. The van der Waals surface area contributed by atoms with E-state index in [0.717, 1.165) is 28.9 Å². The van der Waals surface area contributed by atoms with E-state index in [9.17, 15) is 4.79 Å². The molecule has 0 unspecified atom stereocenters. The molecular formula is C16H21NO3. The van der Waals surface area contributed by atoms with Crippen molar-refractivity contribution < 1.29 is 14.4 Å². The third-order valence-electron chi connectivity index (χ3n) is 5.87. The van der Waals surface area contributed by atoms with Crippen LogP contribution < -0.4 is 0 Å². The zero-order chi connectivity index (χ0) is 13.9. The Morgan fingerprint density at radius 3 is 2.35 bits per heavy atom. The summed E-state index contributed by atoms with van der Waals surface area (Å²) < 4.78 is 5.61. The fraction of sp³-hybridized carbons (Fsp3) is 0.750. The minimum atomic E-state index is -0.790. The Kier molecular flexibility index (Phi) is 2.69. The van der Waals surface area contributed by atoms with Gasteiger partial charge in [-0.25, -0.2) is 0 Å². The van der Waals surface area contributed by atoms with Crippen molar-refractivity contribution in [2.75, 3.05) is 0 Å². The molecule has 1 aromatic heterocycles. The highest BCUT2D eigenvalue weighted by molar-refractivity contribution is 5.71. The summed E-state index contributed by atoms with van der Waals surface area (Å²) in [4.78, 5) is 11.1. The van der Waals surface area contributed by atoms with Crippen LogP contribution in [0.5, 0.6) is 0 Å². The van der Waals surface area contributed by atoms with Gasteiger partial charge in [0.05, 0.1) is 12.1 Å². The molecule has 0 aromatic carbocycles. The van der Waals surface area contributed by atoms with Crippen LogP contribution >= 0.6 is 0 Å². The normalized spacial score (nSPS) is 38.4. The lowest BCUT2D eigenvalue weighted by Gasteiger charge is -2.53. The van der Waals surface area contributed by atoms with Crippen molar-refractivity contribution >= 4 is 5.97 Å². The number of hydrogen-bond acceptors (Lipinski definition) is 3. The lowest BCUT2D eigenvalue weighted by atomic mass is 9.51. The van der Waals surface area contributed by atoms with E-state index in [1.807, 2.05) is 6.92 Å². The highest BCUT2D eigenvalue weighted by Gasteiger charge is 2.50. The molecule has 1 N–H and O–H groups in total. The molecule has 4 heteroatoms. The Morgan fingerprint density at radius 2 is 1.80 bits per heavy atom. The van der Waals surface area contributed by atoms with E-state index < -0.39 is 5.97 Å². The van der Waals surface area contributed by atoms with Crippen molar-refractivity contribution in [2.24, 2.45) is 23.7 Å². The molecule has 20 heavy (non-hydrogen) atoms. The molecule has 4 aliphatic carbocycles. The summed E-state index contributed by atoms with van der Waals surface area (Å²) >= 11 is 0. The number of hydrogen-bond donors (Lipinski definition) is 1. The van der Waals surface area contributed by atoms with Crippen LogP contribution in [0.1, 0.15) is 55.0 Å². The molecule has 0 saturated heterocycles. The van der Waals surface area contributed by atoms with Crippen molar-refractivity contribution in [2.45, 2.75) is 51.4 Å². The highest BCUT2D eigenvalue weighted by Crippen LogP contribution is 2.60. The fourth-order valence-corrected chi connectivity index (χ4v) is 5.39. The first-order valence-electron chi connectivity index (χ1n) is 7.78.